The summed E-state index contributed by atoms with van der Waals surface area (Å²) < 4.78 is 27.0. The molecule has 0 heterocycles. The number of halogens is 1. The third-order valence-electron chi connectivity index (χ3n) is 2.38. The first kappa shape index (κ1) is 14.4. The van der Waals surface area contributed by atoms with Crippen LogP contribution in [0.2, 0.25) is 0 Å². The molecule has 0 saturated carbocycles. The van der Waals surface area contributed by atoms with Crippen molar-refractivity contribution in [3.05, 3.63) is 66.2 Å². The maximum atomic E-state index is 12.0. The Bertz CT molecular complexity index is 639. The van der Waals surface area contributed by atoms with Crippen molar-refractivity contribution >= 4 is 32.7 Å². The number of benzene rings is 2. The highest BCUT2D eigenvalue weighted by atomic mass is 127. The molecule has 0 amide bonds. The van der Waals surface area contributed by atoms with Crippen molar-refractivity contribution in [1.29, 1.82) is 0 Å². The van der Waals surface area contributed by atoms with E-state index in [0.717, 1.165) is 0 Å². The number of hydrogen-bond acceptors (Lipinski definition) is 4. The smallest absolute Gasteiger partial charge is 0.300 e. The molecule has 0 fully saturated rings. The second kappa shape index (κ2) is 5.58. The van der Waals surface area contributed by atoms with Gasteiger partial charge in [-0.2, -0.15) is 8.42 Å². The van der Waals surface area contributed by atoms with Gasteiger partial charge in [0.15, 0.2) is 0 Å². The van der Waals surface area contributed by atoms with E-state index in [-0.39, 0.29) is 4.90 Å². The Morgan fingerprint density at radius 3 is 1.95 bits per heavy atom. The third-order valence-corrected chi connectivity index (χ3v) is 4.83. The molecule has 0 aliphatic heterocycles. The van der Waals surface area contributed by atoms with Crippen LogP contribution in [0.3, 0.4) is 0 Å². The second-order valence-electron chi connectivity index (χ2n) is 3.78. The fourth-order valence-electron chi connectivity index (χ4n) is 1.47. The lowest BCUT2D eigenvalue weighted by Crippen LogP contribution is -2.25. The zero-order valence-electron chi connectivity index (χ0n) is 9.73. The molecule has 0 aromatic heterocycles. The number of aliphatic hydroxyl groups is 1. The molecule has 2 aromatic rings. The van der Waals surface area contributed by atoms with Crippen LogP contribution in [-0.2, 0) is 18.1 Å². The highest BCUT2D eigenvalue weighted by Crippen LogP contribution is 2.33. The molecular weight excluding hydrogens is 379 g/mol. The molecule has 0 bridgehead atoms. The van der Waals surface area contributed by atoms with Crippen molar-refractivity contribution in [3.8, 4) is 0 Å². The lowest BCUT2D eigenvalue weighted by molar-refractivity contribution is -0.0343. The first-order valence-corrected chi connectivity index (χ1v) is 7.88. The minimum atomic E-state index is -4.02. The van der Waals surface area contributed by atoms with Crippen LogP contribution >= 0.6 is 22.6 Å². The summed E-state index contributed by atoms with van der Waals surface area (Å²) in [7, 11) is -4.02. The standard InChI is InChI=1S/C13H11IO4S/c14-13(15,11-7-3-1-4-8-11)18-19(16,17)12-9-5-2-6-10-12/h1-10,15H. The van der Waals surface area contributed by atoms with Gasteiger partial charge in [-0.05, 0) is 34.7 Å². The van der Waals surface area contributed by atoms with Gasteiger partial charge in [0.2, 0.25) is 0 Å². The van der Waals surface area contributed by atoms with Crippen molar-refractivity contribution in [2.75, 3.05) is 0 Å². The van der Waals surface area contributed by atoms with E-state index in [1.54, 1.807) is 71.1 Å². The molecule has 1 unspecified atom stereocenters. The Morgan fingerprint density at radius 1 is 0.947 bits per heavy atom. The number of alkyl halides is 1. The maximum Gasteiger partial charge on any atom is 0.300 e. The predicted octanol–water partition coefficient (Wildman–Crippen LogP) is 2.63. The van der Waals surface area contributed by atoms with Crippen LogP contribution in [-0.4, -0.2) is 13.5 Å². The molecule has 1 atom stereocenters. The summed E-state index contributed by atoms with van der Waals surface area (Å²) in [5, 5.41) is 10.2. The Labute approximate surface area is 125 Å². The minimum absolute atomic E-state index is 0.000946. The van der Waals surface area contributed by atoms with Crippen LogP contribution in [0.25, 0.3) is 0 Å². The molecule has 0 saturated heterocycles. The topological polar surface area (TPSA) is 63.6 Å². The first-order chi connectivity index (χ1) is 8.92. The molecule has 0 radical (unpaired) electrons. The Hall–Kier alpha value is -0.960. The molecule has 4 nitrogen and oxygen atoms in total. The van der Waals surface area contributed by atoms with Crippen molar-refractivity contribution in [2.45, 2.75) is 8.69 Å². The van der Waals surface area contributed by atoms with E-state index in [1.807, 2.05) is 0 Å². The van der Waals surface area contributed by atoms with E-state index in [1.165, 1.54) is 12.1 Å². The SMILES string of the molecule is O=S(=O)(OC(O)(I)c1ccccc1)c1ccccc1. The van der Waals surface area contributed by atoms with E-state index in [9.17, 15) is 13.5 Å². The monoisotopic (exact) mass is 390 g/mol. The van der Waals surface area contributed by atoms with Crippen LogP contribution in [0.15, 0.2) is 65.6 Å². The Kier molecular flexibility index (Phi) is 4.24. The minimum Gasteiger partial charge on any atom is -0.353 e. The van der Waals surface area contributed by atoms with Gasteiger partial charge in [0, 0.05) is 5.56 Å². The van der Waals surface area contributed by atoms with Gasteiger partial charge in [0.25, 0.3) is 3.79 Å². The summed E-state index contributed by atoms with van der Waals surface area (Å²) in [6, 6.07) is 16.0. The maximum absolute atomic E-state index is 12.0. The van der Waals surface area contributed by atoms with E-state index in [4.69, 9.17) is 4.18 Å². The number of rotatable bonds is 4. The fraction of sp³-hybridized carbons (Fsp3) is 0.0769. The van der Waals surface area contributed by atoms with Gasteiger partial charge in [-0.1, -0.05) is 48.5 Å². The summed E-state index contributed by atoms with van der Waals surface area (Å²) >= 11 is 1.55. The van der Waals surface area contributed by atoms with E-state index in [2.05, 4.69) is 0 Å². The van der Waals surface area contributed by atoms with Gasteiger partial charge < -0.3 is 5.11 Å². The van der Waals surface area contributed by atoms with Crippen LogP contribution in [0.4, 0.5) is 0 Å². The Morgan fingerprint density at radius 2 is 1.42 bits per heavy atom. The largest absolute Gasteiger partial charge is 0.353 e. The lowest BCUT2D eigenvalue weighted by Gasteiger charge is -2.21. The van der Waals surface area contributed by atoms with Gasteiger partial charge in [-0.15, -0.1) is 0 Å². The van der Waals surface area contributed by atoms with Gasteiger partial charge >= 0.3 is 10.1 Å². The molecule has 0 aliphatic carbocycles. The van der Waals surface area contributed by atoms with Gasteiger partial charge in [-0.3, -0.25) is 0 Å². The summed E-state index contributed by atoms with van der Waals surface area (Å²) in [5.41, 5.74) is 0.357. The third kappa shape index (κ3) is 3.53. The lowest BCUT2D eigenvalue weighted by atomic mass is 10.2. The second-order valence-corrected chi connectivity index (χ2v) is 6.79. The average Bonchev–Trinajstić information content (AvgIpc) is 2.40. The zero-order valence-corrected chi connectivity index (χ0v) is 12.7. The fourth-order valence-corrected chi connectivity index (χ4v) is 3.52. The molecule has 6 heteroatoms. The van der Waals surface area contributed by atoms with E-state index < -0.39 is 13.9 Å². The molecule has 2 rings (SSSR count). The summed E-state index contributed by atoms with van der Waals surface area (Å²) in [4.78, 5) is 0.000946. The summed E-state index contributed by atoms with van der Waals surface area (Å²) in [6.45, 7) is 0. The van der Waals surface area contributed by atoms with Crippen LogP contribution in [0.1, 0.15) is 5.56 Å². The quantitative estimate of drug-likeness (QED) is 0.377. The Balaban J connectivity index is 2.31. The van der Waals surface area contributed by atoms with Crippen LogP contribution < -0.4 is 0 Å². The molecular formula is C13H11IO4S. The predicted molar refractivity (Wildman–Crippen MR) is 79.1 cm³/mol. The highest BCUT2D eigenvalue weighted by Gasteiger charge is 2.33. The highest BCUT2D eigenvalue weighted by molar-refractivity contribution is 14.1. The zero-order chi connectivity index (χ0) is 13.9. The normalized spacial score (nSPS) is 14.8. The average molecular weight is 390 g/mol. The van der Waals surface area contributed by atoms with Crippen molar-refractivity contribution < 1.29 is 17.7 Å². The van der Waals surface area contributed by atoms with E-state index in [0.29, 0.717) is 5.56 Å². The van der Waals surface area contributed by atoms with Gasteiger partial charge in [-0.25, -0.2) is 4.18 Å². The molecule has 19 heavy (non-hydrogen) atoms. The first-order valence-electron chi connectivity index (χ1n) is 5.39. The number of hydrogen-bond donors (Lipinski definition) is 1. The van der Waals surface area contributed by atoms with Crippen molar-refractivity contribution in [3.63, 3.8) is 0 Å². The summed E-state index contributed by atoms with van der Waals surface area (Å²) in [5.74, 6) is 0. The van der Waals surface area contributed by atoms with Crippen LogP contribution in [0, 0.1) is 0 Å². The van der Waals surface area contributed by atoms with Gasteiger partial charge in [0.1, 0.15) is 0 Å². The van der Waals surface area contributed by atoms with Crippen molar-refractivity contribution in [2.24, 2.45) is 0 Å². The molecule has 0 aliphatic rings. The molecule has 100 valence electrons. The summed E-state index contributed by atoms with van der Waals surface area (Å²) in [6.07, 6.45) is 0. The van der Waals surface area contributed by atoms with E-state index >= 15 is 0 Å². The molecule has 1 N–H and O–H groups in total. The van der Waals surface area contributed by atoms with Crippen LogP contribution in [0.5, 0.6) is 0 Å². The van der Waals surface area contributed by atoms with Gasteiger partial charge in [0.05, 0.1) is 4.90 Å². The van der Waals surface area contributed by atoms with Crippen molar-refractivity contribution in [1.82, 2.24) is 0 Å². The molecule has 2 aromatic carbocycles. The molecule has 0 spiro atoms.